The number of nitrogens with one attached hydrogen (secondary N) is 2. The maximum absolute atomic E-state index is 12.7. The average molecular weight is 448 g/mol. The molecule has 0 aliphatic heterocycles. The van der Waals surface area contributed by atoms with E-state index in [-0.39, 0.29) is 10.8 Å². The molecule has 2 N–H and O–H groups in total. The summed E-state index contributed by atoms with van der Waals surface area (Å²) in [6.45, 7) is 3.16. The second-order valence-electron chi connectivity index (χ2n) is 6.73. The summed E-state index contributed by atoms with van der Waals surface area (Å²) < 4.78 is 31.3. The first-order valence-corrected chi connectivity index (χ1v) is 11.0. The first kappa shape index (κ1) is 24.0. The van der Waals surface area contributed by atoms with Crippen LogP contribution in [0.3, 0.4) is 0 Å². The summed E-state index contributed by atoms with van der Waals surface area (Å²) in [6, 6.07) is 11.8. The number of rotatable bonds is 9. The van der Waals surface area contributed by atoms with Crippen LogP contribution in [0.5, 0.6) is 0 Å². The van der Waals surface area contributed by atoms with E-state index < -0.39 is 28.4 Å². The lowest BCUT2D eigenvalue weighted by Crippen LogP contribution is -2.35. The maximum atomic E-state index is 12.7. The molecule has 10 heteroatoms. The van der Waals surface area contributed by atoms with Crippen molar-refractivity contribution < 1.29 is 27.5 Å². The van der Waals surface area contributed by atoms with Crippen molar-refractivity contribution in [2.45, 2.75) is 25.2 Å². The fraction of sp³-hybridized carbons (Fsp3) is 0.286. The number of anilines is 2. The molecule has 0 atom stereocenters. The third-order valence-electron chi connectivity index (χ3n) is 4.09. The topological polar surface area (TPSA) is 122 Å². The number of hydrogen-bond donors (Lipinski definition) is 2. The number of ether oxygens (including phenoxy) is 1. The number of hydrogen-bond acceptors (Lipinski definition) is 6. The molecule has 0 aromatic heterocycles. The van der Waals surface area contributed by atoms with Gasteiger partial charge in [-0.3, -0.25) is 9.59 Å². The Hall–Kier alpha value is -3.24. The highest BCUT2D eigenvalue weighted by Crippen LogP contribution is 2.18. The molecular weight excluding hydrogens is 422 g/mol. The second kappa shape index (κ2) is 10.7. The molecule has 2 aromatic carbocycles. The molecule has 0 spiro atoms. The van der Waals surface area contributed by atoms with Gasteiger partial charge in [0.1, 0.15) is 0 Å². The zero-order valence-electron chi connectivity index (χ0n) is 17.5. The number of likely N-dealkylation sites (N-methyl/N-ethyl adjacent to an activating group) is 1. The lowest BCUT2D eigenvalue weighted by atomic mass is 10.2. The summed E-state index contributed by atoms with van der Waals surface area (Å²) in [4.78, 5) is 35.1. The van der Waals surface area contributed by atoms with E-state index >= 15 is 0 Å². The highest BCUT2D eigenvalue weighted by atomic mass is 32.2. The van der Waals surface area contributed by atoms with E-state index in [1.54, 1.807) is 0 Å². The number of benzene rings is 2. The molecule has 2 amide bonds. The van der Waals surface area contributed by atoms with E-state index in [4.69, 9.17) is 4.74 Å². The summed E-state index contributed by atoms with van der Waals surface area (Å²) in [5, 5.41) is 5.14. The molecule has 0 aliphatic rings. The van der Waals surface area contributed by atoms with Gasteiger partial charge < -0.3 is 15.4 Å². The summed E-state index contributed by atoms with van der Waals surface area (Å²) in [6.07, 6.45) is 0.718. The minimum atomic E-state index is -3.90. The van der Waals surface area contributed by atoms with Crippen molar-refractivity contribution in [3.05, 3.63) is 54.1 Å². The van der Waals surface area contributed by atoms with Crippen molar-refractivity contribution in [1.29, 1.82) is 0 Å². The molecule has 0 radical (unpaired) electrons. The molecular formula is C21H25N3O6S. The SMILES string of the molecule is CCCOC(=O)c1ccc(NC(=O)CN(C)S(=O)(=O)c2ccc(NC(C)=O)cc2)cc1. The summed E-state index contributed by atoms with van der Waals surface area (Å²) in [5.41, 5.74) is 1.24. The van der Waals surface area contributed by atoms with Gasteiger partial charge in [0.25, 0.3) is 0 Å². The molecule has 0 saturated heterocycles. The minimum Gasteiger partial charge on any atom is -0.462 e. The molecule has 0 unspecified atom stereocenters. The molecule has 0 bridgehead atoms. The Bertz CT molecular complexity index is 1030. The number of sulfonamides is 1. The molecule has 0 fully saturated rings. The number of amides is 2. The first-order chi connectivity index (χ1) is 14.6. The van der Waals surface area contributed by atoms with E-state index in [1.807, 2.05) is 6.92 Å². The van der Waals surface area contributed by atoms with Crippen molar-refractivity contribution >= 4 is 39.2 Å². The van der Waals surface area contributed by atoms with Crippen LogP contribution >= 0.6 is 0 Å². The Balaban J connectivity index is 1.98. The van der Waals surface area contributed by atoms with E-state index in [0.29, 0.717) is 23.5 Å². The van der Waals surface area contributed by atoms with E-state index in [0.717, 1.165) is 10.7 Å². The number of nitrogens with zero attached hydrogens (tertiary/aromatic N) is 1. The van der Waals surface area contributed by atoms with Crippen molar-refractivity contribution in [1.82, 2.24) is 4.31 Å². The molecule has 31 heavy (non-hydrogen) atoms. The normalized spacial score (nSPS) is 11.1. The molecule has 0 heterocycles. The molecule has 2 rings (SSSR count). The Kier molecular flexibility index (Phi) is 8.29. The Morgan fingerprint density at radius 3 is 2.03 bits per heavy atom. The van der Waals surface area contributed by atoms with Gasteiger partial charge in [0.15, 0.2) is 0 Å². The molecule has 0 aliphatic carbocycles. The summed E-state index contributed by atoms with van der Waals surface area (Å²) >= 11 is 0. The van der Waals surface area contributed by atoms with Gasteiger partial charge in [-0.25, -0.2) is 13.2 Å². The van der Waals surface area contributed by atoms with Gasteiger partial charge in [-0.2, -0.15) is 4.31 Å². The standard InChI is InChI=1S/C21H25N3O6S/c1-4-13-30-21(27)16-5-7-18(8-6-16)23-20(26)14-24(3)31(28,29)19-11-9-17(10-12-19)22-15(2)25/h5-12H,4,13-14H2,1-3H3,(H,22,25)(H,23,26). The fourth-order valence-electron chi connectivity index (χ4n) is 2.55. The number of carbonyl (C=O) groups excluding carboxylic acids is 3. The van der Waals surface area contributed by atoms with Crippen LogP contribution in [0.4, 0.5) is 11.4 Å². The summed E-state index contributed by atoms with van der Waals surface area (Å²) in [5.74, 6) is -1.26. The third kappa shape index (κ3) is 6.90. The maximum Gasteiger partial charge on any atom is 0.338 e. The van der Waals surface area contributed by atoms with Crippen molar-refractivity contribution in [2.24, 2.45) is 0 Å². The third-order valence-corrected chi connectivity index (χ3v) is 5.91. The van der Waals surface area contributed by atoms with Crippen LogP contribution in [0.1, 0.15) is 30.6 Å². The second-order valence-corrected chi connectivity index (χ2v) is 8.77. The Labute approximate surface area is 181 Å². The van der Waals surface area contributed by atoms with Crippen LogP contribution in [0.25, 0.3) is 0 Å². The predicted molar refractivity (Wildman–Crippen MR) is 116 cm³/mol. The van der Waals surface area contributed by atoms with Gasteiger partial charge in [0, 0.05) is 25.3 Å². The quantitative estimate of drug-likeness (QED) is 0.570. The van der Waals surface area contributed by atoms with Gasteiger partial charge in [-0.1, -0.05) is 6.92 Å². The lowest BCUT2D eigenvalue weighted by molar-refractivity contribution is -0.116. The summed E-state index contributed by atoms with van der Waals surface area (Å²) in [7, 11) is -2.60. The number of carbonyl (C=O) groups is 3. The predicted octanol–water partition coefficient (Wildman–Crippen LogP) is 2.47. The Morgan fingerprint density at radius 2 is 1.48 bits per heavy atom. The molecule has 166 valence electrons. The van der Waals surface area contributed by atoms with Crippen LogP contribution in [0, 0.1) is 0 Å². The van der Waals surface area contributed by atoms with Crippen LogP contribution in [0.2, 0.25) is 0 Å². The van der Waals surface area contributed by atoms with Gasteiger partial charge in [0.2, 0.25) is 21.8 Å². The van der Waals surface area contributed by atoms with Crippen molar-refractivity contribution in [2.75, 3.05) is 30.8 Å². The minimum absolute atomic E-state index is 0.00755. The number of esters is 1. The Morgan fingerprint density at radius 1 is 0.935 bits per heavy atom. The van der Waals surface area contributed by atoms with Gasteiger partial charge in [0.05, 0.1) is 23.6 Å². The monoisotopic (exact) mass is 447 g/mol. The van der Waals surface area contributed by atoms with Crippen LogP contribution in [-0.2, 0) is 24.3 Å². The largest absolute Gasteiger partial charge is 0.462 e. The van der Waals surface area contributed by atoms with E-state index in [2.05, 4.69) is 10.6 Å². The van der Waals surface area contributed by atoms with Crippen LogP contribution in [-0.4, -0.2) is 50.7 Å². The van der Waals surface area contributed by atoms with Gasteiger partial charge >= 0.3 is 5.97 Å². The van der Waals surface area contributed by atoms with Crippen molar-refractivity contribution in [3.63, 3.8) is 0 Å². The molecule has 9 nitrogen and oxygen atoms in total. The van der Waals surface area contributed by atoms with Gasteiger partial charge in [-0.05, 0) is 55.0 Å². The zero-order chi connectivity index (χ0) is 23.0. The molecule has 2 aromatic rings. The smallest absolute Gasteiger partial charge is 0.338 e. The first-order valence-electron chi connectivity index (χ1n) is 9.54. The van der Waals surface area contributed by atoms with Crippen molar-refractivity contribution in [3.8, 4) is 0 Å². The average Bonchev–Trinajstić information content (AvgIpc) is 2.72. The zero-order valence-corrected chi connectivity index (χ0v) is 18.4. The lowest BCUT2D eigenvalue weighted by Gasteiger charge is -2.17. The van der Waals surface area contributed by atoms with Crippen LogP contribution in [0.15, 0.2) is 53.4 Å². The van der Waals surface area contributed by atoms with Gasteiger partial charge in [-0.15, -0.1) is 0 Å². The fourth-order valence-corrected chi connectivity index (χ4v) is 3.68. The van der Waals surface area contributed by atoms with E-state index in [9.17, 15) is 22.8 Å². The highest BCUT2D eigenvalue weighted by Gasteiger charge is 2.23. The highest BCUT2D eigenvalue weighted by molar-refractivity contribution is 7.89. The molecule has 0 saturated carbocycles. The van der Waals surface area contributed by atoms with E-state index in [1.165, 1.54) is 62.5 Å². The van der Waals surface area contributed by atoms with Crippen LogP contribution < -0.4 is 10.6 Å².